The first-order valence-electron chi connectivity index (χ1n) is 16.0. The quantitative estimate of drug-likeness (QED) is 0.174. The highest BCUT2D eigenvalue weighted by Gasteiger charge is 2.41. The molecule has 0 amide bonds. The molecule has 8 rings (SSSR count). The first-order valence-corrected chi connectivity index (χ1v) is 22.0. The van der Waals surface area contributed by atoms with E-state index in [4.69, 9.17) is 0 Å². The minimum absolute atomic E-state index is 1.33. The third kappa shape index (κ3) is 3.87. The summed E-state index contributed by atoms with van der Waals surface area (Å²) in [5.74, 6) is 0. The Morgan fingerprint density at radius 3 is 1.07 bits per heavy atom. The van der Waals surface area contributed by atoms with Crippen LogP contribution in [0.1, 0.15) is 22.3 Å². The fraction of sp³-hybridized carbons (Fsp3) is 0.190. The van der Waals surface area contributed by atoms with E-state index >= 15 is 0 Å². The van der Waals surface area contributed by atoms with E-state index < -0.39 is 16.1 Å². The van der Waals surface area contributed by atoms with Crippen molar-refractivity contribution in [2.24, 2.45) is 0 Å². The molecule has 2 heterocycles. The van der Waals surface area contributed by atoms with Gasteiger partial charge in [0.25, 0.3) is 0 Å². The van der Waals surface area contributed by atoms with Gasteiger partial charge in [-0.25, -0.2) is 0 Å². The molecule has 0 spiro atoms. The lowest BCUT2D eigenvalue weighted by atomic mass is 9.91. The van der Waals surface area contributed by atoms with E-state index in [2.05, 4.69) is 151 Å². The van der Waals surface area contributed by atoms with E-state index in [0.717, 1.165) is 0 Å². The summed E-state index contributed by atoms with van der Waals surface area (Å²) in [6.45, 7) is 19.0. The summed E-state index contributed by atoms with van der Waals surface area (Å²) in [7, 11) is -3.72. The highest BCUT2D eigenvalue weighted by atomic mass is 28.3. The fourth-order valence-electron chi connectivity index (χ4n) is 8.52. The lowest BCUT2D eigenvalue weighted by Gasteiger charge is -2.21. The van der Waals surface area contributed by atoms with Gasteiger partial charge in [0.05, 0.1) is 0 Å². The van der Waals surface area contributed by atoms with Gasteiger partial charge in [0.15, 0.2) is 0 Å². The third-order valence-electron chi connectivity index (χ3n) is 10.6. The molecule has 0 radical (unpaired) electrons. The highest BCUT2D eigenvalue weighted by molar-refractivity contribution is 7.05. The van der Waals surface area contributed by atoms with Crippen molar-refractivity contribution in [2.45, 2.75) is 53.9 Å². The molecule has 0 bridgehead atoms. The van der Waals surface area contributed by atoms with Gasteiger partial charge < -0.3 is 0 Å². The van der Waals surface area contributed by atoms with Gasteiger partial charge in [-0.1, -0.05) is 146 Å². The number of benzene rings is 6. The van der Waals surface area contributed by atoms with Crippen molar-refractivity contribution in [3.8, 4) is 44.5 Å². The summed E-state index contributed by atoms with van der Waals surface area (Å²) in [6, 6.07) is 38.4. The predicted octanol–water partition coefficient (Wildman–Crippen LogP) is 9.01. The van der Waals surface area contributed by atoms with Crippen LogP contribution < -0.4 is 20.7 Å². The molecular weight excluding hydrogens is 561 g/mol. The largest absolute Gasteiger partial charge is 0.113 e. The van der Waals surface area contributed by atoms with E-state index in [1.54, 1.807) is 20.7 Å². The molecule has 44 heavy (non-hydrogen) atoms. The molecule has 6 aromatic rings. The second kappa shape index (κ2) is 9.26. The zero-order valence-corrected chi connectivity index (χ0v) is 29.2. The van der Waals surface area contributed by atoms with E-state index in [-0.39, 0.29) is 0 Å². The SMILES string of the molecule is Cc1cc(C)cc(-c2ccc3c(c2)[Si](C)(C)c2ccc4c5c(ccc4c2-3)[Si](C)(C)c2cc(-c3cc(C)cc(C)c3)ccc2-5)c1. The number of rotatable bonds is 2. The van der Waals surface area contributed by atoms with Crippen molar-refractivity contribution in [2.75, 3.05) is 0 Å². The topological polar surface area (TPSA) is 0 Å². The molecule has 0 nitrogen and oxygen atoms in total. The van der Waals surface area contributed by atoms with Crippen LogP contribution in [0.25, 0.3) is 55.3 Å². The Bertz CT molecular complexity index is 2010. The van der Waals surface area contributed by atoms with E-state index in [9.17, 15) is 0 Å². The fourth-order valence-corrected chi connectivity index (χ4v) is 14.7. The average molecular weight is 601 g/mol. The molecule has 2 aliphatic rings. The minimum Gasteiger partial charge on any atom is -0.0616 e. The molecule has 2 aliphatic heterocycles. The second-order valence-corrected chi connectivity index (χ2v) is 23.2. The molecule has 2 heteroatoms. The first kappa shape index (κ1) is 27.6. The van der Waals surface area contributed by atoms with Crippen LogP contribution in [-0.2, 0) is 0 Å². The summed E-state index contributed by atoms with van der Waals surface area (Å²) < 4.78 is 0. The van der Waals surface area contributed by atoms with Gasteiger partial charge in [0, 0.05) is 0 Å². The lowest BCUT2D eigenvalue weighted by molar-refractivity contribution is 1.38. The van der Waals surface area contributed by atoms with E-state index in [1.165, 1.54) is 77.5 Å². The summed E-state index contributed by atoms with van der Waals surface area (Å²) >= 11 is 0. The maximum atomic E-state index is 2.54. The van der Waals surface area contributed by atoms with Crippen molar-refractivity contribution in [3.05, 3.63) is 119 Å². The summed E-state index contributed by atoms with van der Waals surface area (Å²) in [4.78, 5) is 0. The molecule has 0 aromatic heterocycles. The Kier molecular flexibility index (Phi) is 5.80. The van der Waals surface area contributed by atoms with Gasteiger partial charge in [0.2, 0.25) is 0 Å². The Labute approximate surface area is 264 Å². The summed E-state index contributed by atoms with van der Waals surface area (Å²) in [5.41, 5.74) is 16.5. The zero-order chi connectivity index (χ0) is 30.7. The Morgan fingerprint density at radius 2 is 0.705 bits per heavy atom. The number of hydrogen-bond acceptors (Lipinski definition) is 0. The average Bonchev–Trinajstić information content (AvgIpc) is 3.35. The van der Waals surface area contributed by atoms with Crippen LogP contribution in [0.15, 0.2) is 97.1 Å². The molecule has 0 saturated carbocycles. The maximum Gasteiger partial charge on any atom is 0.113 e. The molecule has 216 valence electrons. The molecule has 0 N–H and O–H groups in total. The molecule has 0 unspecified atom stereocenters. The van der Waals surface area contributed by atoms with Crippen LogP contribution in [0.3, 0.4) is 0 Å². The Balaban J connectivity index is 1.32. The minimum atomic E-state index is -1.86. The number of fused-ring (bicyclic) bond motifs is 9. The van der Waals surface area contributed by atoms with Crippen molar-refractivity contribution in [1.29, 1.82) is 0 Å². The van der Waals surface area contributed by atoms with Gasteiger partial charge >= 0.3 is 0 Å². The second-order valence-electron chi connectivity index (χ2n) is 14.6. The van der Waals surface area contributed by atoms with Gasteiger partial charge in [-0.05, 0) is 104 Å². The van der Waals surface area contributed by atoms with Crippen molar-refractivity contribution < 1.29 is 0 Å². The van der Waals surface area contributed by atoms with Crippen LogP contribution in [0.2, 0.25) is 26.2 Å². The Hall–Kier alpha value is -3.99. The highest BCUT2D eigenvalue weighted by Crippen LogP contribution is 2.41. The lowest BCUT2D eigenvalue weighted by Crippen LogP contribution is -2.49. The van der Waals surface area contributed by atoms with Crippen LogP contribution >= 0.6 is 0 Å². The third-order valence-corrected chi connectivity index (χ3v) is 17.6. The van der Waals surface area contributed by atoms with Crippen molar-refractivity contribution in [3.63, 3.8) is 0 Å². The van der Waals surface area contributed by atoms with E-state index in [1.807, 2.05) is 0 Å². The van der Waals surface area contributed by atoms with Crippen LogP contribution in [0.4, 0.5) is 0 Å². The van der Waals surface area contributed by atoms with Crippen LogP contribution in [-0.4, -0.2) is 16.1 Å². The van der Waals surface area contributed by atoms with E-state index in [0.29, 0.717) is 0 Å². The van der Waals surface area contributed by atoms with Crippen molar-refractivity contribution in [1.82, 2.24) is 0 Å². The monoisotopic (exact) mass is 600 g/mol. The smallest absolute Gasteiger partial charge is 0.0616 e. The van der Waals surface area contributed by atoms with Crippen molar-refractivity contribution >= 4 is 47.7 Å². The molecule has 0 saturated heterocycles. The number of hydrogen-bond donors (Lipinski definition) is 0. The van der Waals surface area contributed by atoms with Gasteiger partial charge in [-0.3, -0.25) is 0 Å². The summed E-state index contributed by atoms with van der Waals surface area (Å²) in [6.07, 6.45) is 0. The van der Waals surface area contributed by atoms with Gasteiger partial charge in [-0.2, -0.15) is 0 Å². The molecule has 6 aromatic carbocycles. The number of aryl methyl sites for hydroxylation is 4. The summed E-state index contributed by atoms with van der Waals surface area (Å²) in [5, 5.41) is 9.16. The molecule has 0 aliphatic carbocycles. The van der Waals surface area contributed by atoms with Crippen LogP contribution in [0.5, 0.6) is 0 Å². The maximum absolute atomic E-state index is 2.54. The Morgan fingerprint density at radius 1 is 0.341 bits per heavy atom. The normalized spacial score (nSPS) is 15.2. The molecular formula is C42H40Si2. The predicted molar refractivity (Wildman–Crippen MR) is 198 cm³/mol. The standard InChI is InChI=1S/C42H40Si2/c1-25-17-26(2)20-31(19-25)29-9-11-35-39(23-29)43(5,6)37-15-13-34-33(41(35)37)14-16-38-42(34)36-12-10-30(24-40(36)44(38,7)8)32-21-27(3)18-28(4)22-32/h9-24H,1-8H3. The van der Waals surface area contributed by atoms with Gasteiger partial charge in [0.1, 0.15) is 16.1 Å². The first-order chi connectivity index (χ1) is 20.9. The molecule has 0 fully saturated rings. The van der Waals surface area contributed by atoms with Gasteiger partial charge in [-0.15, -0.1) is 0 Å². The van der Waals surface area contributed by atoms with Crippen LogP contribution in [0, 0.1) is 27.7 Å². The zero-order valence-electron chi connectivity index (χ0n) is 27.2. The molecule has 0 atom stereocenters.